The lowest BCUT2D eigenvalue weighted by atomic mass is 9.98. The van der Waals surface area contributed by atoms with Crippen molar-refractivity contribution in [2.24, 2.45) is 0 Å². The Morgan fingerprint density at radius 1 is 1.47 bits per heavy atom. The van der Waals surface area contributed by atoms with Crippen molar-refractivity contribution < 1.29 is 23.8 Å². The van der Waals surface area contributed by atoms with Crippen molar-refractivity contribution in [2.75, 3.05) is 7.11 Å². The first-order valence-corrected chi connectivity index (χ1v) is 5.74. The quantitative estimate of drug-likeness (QED) is 0.855. The second kappa shape index (κ2) is 5.69. The minimum atomic E-state index is -1.44. The zero-order chi connectivity index (χ0) is 14.6. The van der Waals surface area contributed by atoms with E-state index in [4.69, 9.17) is 9.84 Å². The van der Waals surface area contributed by atoms with Crippen LogP contribution in [0, 0.1) is 5.82 Å². The van der Waals surface area contributed by atoms with Crippen LogP contribution in [0.1, 0.15) is 30.6 Å². The van der Waals surface area contributed by atoms with Crippen molar-refractivity contribution in [3.05, 3.63) is 29.6 Å². The fourth-order valence-electron chi connectivity index (χ4n) is 1.45. The van der Waals surface area contributed by atoms with E-state index in [1.807, 2.05) is 0 Å². The first kappa shape index (κ1) is 14.9. The number of methoxy groups -OCH3 is 1. The molecule has 104 valence electrons. The SMILES string of the molecule is CCC(C)(NC(=O)c1cccc(OC)c1F)C(=O)O. The van der Waals surface area contributed by atoms with Gasteiger partial charge in [0.05, 0.1) is 12.7 Å². The van der Waals surface area contributed by atoms with Crippen LogP contribution in [0.3, 0.4) is 0 Å². The van der Waals surface area contributed by atoms with E-state index >= 15 is 0 Å². The Kier molecular flexibility index (Phi) is 4.47. The number of ether oxygens (including phenoxy) is 1. The highest BCUT2D eigenvalue weighted by atomic mass is 19.1. The molecule has 0 aliphatic carbocycles. The highest BCUT2D eigenvalue weighted by Gasteiger charge is 2.33. The van der Waals surface area contributed by atoms with Crippen molar-refractivity contribution in [1.29, 1.82) is 0 Å². The van der Waals surface area contributed by atoms with Crippen LogP contribution in [0.25, 0.3) is 0 Å². The van der Waals surface area contributed by atoms with E-state index in [-0.39, 0.29) is 17.7 Å². The van der Waals surface area contributed by atoms with Crippen LogP contribution in [-0.4, -0.2) is 29.6 Å². The Morgan fingerprint density at radius 3 is 2.58 bits per heavy atom. The van der Waals surface area contributed by atoms with Gasteiger partial charge >= 0.3 is 5.97 Å². The van der Waals surface area contributed by atoms with Gasteiger partial charge in [0.15, 0.2) is 11.6 Å². The second-order valence-electron chi connectivity index (χ2n) is 4.27. The summed E-state index contributed by atoms with van der Waals surface area (Å²) in [6.07, 6.45) is 0.180. The Bertz CT molecular complexity index is 503. The van der Waals surface area contributed by atoms with Gasteiger partial charge in [-0.1, -0.05) is 13.0 Å². The molecule has 0 bridgehead atoms. The molecule has 1 rings (SSSR count). The molecule has 1 aromatic carbocycles. The number of nitrogens with one attached hydrogen (secondary N) is 1. The lowest BCUT2D eigenvalue weighted by Crippen LogP contribution is -2.51. The van der Waals surface area contributed by atoms with Crippen LogP contribution >= 0.6 is 0 Å². The number of carbonyl (C=O) groups is 2. The summed E-state index contributed by atoms with van der Waals surface area (Å²) in [5.41, 5.74) is -1.69. The standard InChI is InChI=1S/C13H16FNO4/c1-4-13(2,12(17)18)15-11(16)8-6-5-7-9(19-3)10(8)14/h5-7H,4H2,1-3H3,(H,15,16)(H,17,18). The fraction of sp³-hybridized carbons (Fsp3) is 0.385. The van der Waals surface area contributed by atoms with E-state index in [2.05, 4.69) is 5.32 Å². The van der Waals surface area contributed by atoms with Crippen molar-refractivity contribution >= 4 is 11.9 Å². The Hall–Kier alpha value is -2.11. The van der Waals surface area contributed by atoms with E-state index in [1.54, 1.807) is 6.92 Å². The molecule has 1 atom stereocenters. The largest absolute Gasteiger partial charge is 0.494 e. The zero-order valence-corrected chi connectivity index (χ0v) is 11.0. The molecule has 1 unspecified atom stereocenters. The maximum Gasteiger partial charge on any atom is 0.329 e. The van der Waals surface area contributed by atoms with Gasteiger partial charge in [-0.25, -0.2) is 9.18 Å². The van der Waals surface area contributed by atoms with Crippen molar-refractivity contribution in [2.45, 2.75) is 25.8 Å². The molecule has 0 saturated carbocycles. The minimum Gasteiger partial charge on any atom is -0.494 e. The third-order valence-electron chi connectivity index (χ3n) is 3.00. The maximum atomic E-state index is 13.9. The number of carbonyl (C=O) groups excluding carboxylic acids is 1. The molecule has 2 N–H and O–H groups in total. The number of hydrogen-bond acceptors (Lipinski definition) is 3. The molecular formula is C13H16FNO4. The summed E-state index contributed by atoms with van der Waals surface area (Å²) in [6, 6.07) is 4.11. The second-order valence-corrected chi connectivity index (χ2v) is 4.27. The van der Waals surface area contributed by atoms with Crippen LogP contribution < -0.4 is 10.1 Å². The molecule has 0 saturated heterocycles. The lowest BCUT2D eigenvalue weighted by Gasteiger charge is -2.24. The average Bonchev–Trinajstić information content (AvgIpc) is 2.38. The van der Waals surface area contributed by atoms with Crippen LogP contribution in [0.4, 0.5) is 4.39 Å². The number of carboxylic acid groups (broad SMARTS) is 1. The molecule has 0 spiro atoms. The topological polar surface area (TPSA) is 75.6 Å². The summed E-state index contributed by atoms with van der Waals surface area (Å²) in [5.74, 6) is -2.85. The van der Waals surface area contributed by atoms with Crippen LogP contribution in [-0.2, 0) is 4.79 Å². The fourth-order valence-corrected chi connectivity index (χ4v) is 1.45. The monoisotopic (exact) mass is 269 g/mol. The number of carboxylic acids is 1. The van der Waals surface area contributed by atoms with Gasteiger partial charge in [0.25, 0.3) is 5.91 Å². The Labute approximate surface area is 110 Å². The molecule has 6 heteroatoms. The van der Waals surface area contributed by atoms with Gasteiger partial charge in [0.2, 0.25) is 0 Å². The van der Waals surface area contributed by atoms with E-state index in [1.165, 1.54) is 32.2 Å². The van der Waals surface area contributed by atoms with Crippen LogP contribution in [0.15, 0.2) is 18.2 Å². The summed E-state index contributed by atoms with van der Waals surface area (Å²) in [6.45, 7) is 2.99. The number of rotatable bonds is 5. The third kappa shape index (κ3) is 3.01. The third-order valence-corrected chi connectivity index (χ3v) is 3.00. The smallest absolute Gasteiger partial charge is 0.329 e. The number of aliphatic carboxylic acids is 1. The van der Waals surface area contributed by atoms with Crippen LogP contribution in [0.2, 0.25) is 0 Å². The normalized spacial score (nSPS) is 13.5. The molecule has 5 nitrogen and oxygen atoms in total. The molecule has 0 aliphatic heterocycles. The molecule has 0 aromatic heterocycles. The maximum absolute atomic E-state index is 13.9. The highest BCUT2D eigenvalue weighted by Crippen LogP contribution is 2.21. The van der Waals surface area contributed by atoms with Gasteiger partial charge in [0.1, 0.15) is 5.54 Å². The van der Waals surface area contributed by atoms with Gasteiger partial charge in [-0.3, -0.25) is 4.79 Å². The Balaban J connectivity index is 3.05. The summed E-state index contributed by atoms with van der Waals surface area (Å²) in [5, 5.41) is 11.4. The van der Waals surface area contributed by atoms with Gasteiger partial charge in [-0.15, -0.1) is 0 Å². The molecule has 0 aliphatic rings. The number of halogens is 1. The zero-order valence-electron chi connectivity index (χ0n) is 11.0. The summed E-state index contributed by atoms with van der Waals surface area (Å²) >= 11 is 0. The van der Waals surface area contributed by atoms with Crippen molar-refractivity contribution in [1.82, 2.24) is 5.32 Å². The van der Waals surface area contributed by atoms with Crippen molar-refractivity contribution in [3.63, 3.8) is 0 Å². The number of amides is 1. The summed E-state index contributed by atoms with van der Waals surface area (Å²) < 4.78 is 18.6. The molecule has 1 amide bonds. The molecule has 19 heavy (non-hydrogen) atoms. The lowest BCUT2D eigenvalue weighted by molar-refractivity contribution is -0.143. The Morgan fingerprint density at radius 2 is 2.11 bits per heavy atom. The van der Waals surface area contributed by atoms with E-state index in [9.17, 15) is 14.0 Å². The van der Waals surface area contributed by atoms with Gasteiger partial charge in [0, 0.05) is 0 Å². The molecule has 0 radical (unpaired) electrons. The number of benzene rings is 1. The molecule has 0 heterocycles. The molecule has 1 aromatic rings. The number of hydrogen-bond donors (Lipinski definition) is 2. The minimum absolute atomic E-state index is 0.0684. The molecular weight excluding hydrogens is 253 g/mol. The average molecular weight is 269 g/mol. The van der Waals surface area contributed by atoms with Crippen LogP contribution in [0.5, 0.6) is 5.75 Å². The van der Waals surface area contributed by atoms with E-state index in [0.717, 1.165) is 0 Å². The highest BCUT2D eigenvalue weighted by molar-refractivity contribution is 5.98. The van der Waals surface area contributed by atoms with E-state index < -0.39 is 23.2 Å². The van der Waals surface area contributed by atoms with Crippen molar-refractivity contribution in [3.8, 4) is 5.75 Å². The van der Waals surface area contributed by atoms with Gasteiger partial charge in [-0.2, -0.15) is 0 Å². The molecule has 0 fully saturated rings. The predicted molar refractivity (Wildman–Crippen MR) is 66.8 cm³/mol. The van der Waals surface area contributed by atoms with E-state index in [0.29, 0.717) is 0 Å². The van der Waals surface area contributed by atoms with Gasteiger partial charge < -0.3 is 15.2 Å². The predicted octanol–water partition coefficient (Wildman–Crippen LogP) is 1.82. The first-order valence-electron chi connectivity index (χ1n) is 5.74. The first-order chi connectivity index (χ1) is 8.85. The summed E-state index contributed by atoms with van der Waals surface area (Å²) in [4.78, 5) is 23.0. The summed E-state index contributed by atoms with van der Waals surface area (Å²) in [7, 11) is 1.29. The van der Waals surface area contributed by atoms with Gasteiger partial charge in [-0.05, 0) is 25.5 Å².